The highest BCUT2D eigenvalue weighted by Crippen LogP contribution is 2.07. The van der Waals surface area contributed by atoms with E-state index in [4.69, 9.17) is 9.84 Å². The summed E-state index contributed by atoms with van der Waals surface area (Å²) < 4.78 is 5.63. The Balaban J connectivity index is 1.91. The number of piperidine rings is 1. The van der Waals surface area contributed by atoms with E-state index in [2.05, 4.69) is 10.6 Å². The molecule has 1 saturated heterocycles. The zero-order valence-electron chi connectivity index (χ0n) is 11.3. The van der Waals surface area contributed by atoms with Crippen molar-refractivity contribution in [2.75, 3.05) is 26.2 Å². The number of hydrogen-bond acceptors (Lipinski definition) is 4. The number of amides is 1. The second-order valence-electron chi connectivity index (χ2n) is 4.77. The highest BCUT2D eigenvalue weighted by molar-refractivity contribution is 5.75. The number of rotatable bonds is 9. The van der Waals surface area contributed by atoms with Crippen LogP contribution in [0.3, 0.4) is 0 Å². The van der Waals surface area contributed by atoms with Gasteiger partial charge in [0, 0.05) is 19.4 Å². The molecule has 19 heavy (non-hydrogen) atoms. The zero-order chi connectivity index (χ0) is 13.9. The van der Waals surface area contributed by atoms with E-state index in [-0.39, 0.29) is 18.4 Å². The normalized spacial score (nSPS) is 16.2. The summed E-state index contributed by atoms with van der Waals surface area (Å²) in [7, 11) is 0. The van der Waals surface area contributed by atoms with Crippen LogP contribution in [0.1, 0.15) is 38.5 Å². The molecule has 0 aliphatic carbocycles. The van der Waals surface area contributed by atoms with Gasteiger partial charge in [-0.15, -0.1) is 0 Å². The Bertz CT molecular complexity index is 278. The highest BCUT2D eigenvalue weighted by atomic mass is 16.5. The smallest absolute Gasteiger partial charge is 0.303 e. The number of ether oxygens (including phenoxy) is 1. The first-order valence-corrected chi connectivity index (χ1v) is 6.99. The van der Waals surface area contributed by atoms with Gasteiger partial charge in [0.2, 0.25) is 5.91 Å². The number of nitrogens with one attached hydrogen (secondary N) is 2. The SMILES string of the molecule is O=C(O)CCCCNC(=O)CCOC1CCNCC1. The Morgan fingerprint density at radius 1 is 1.21 bits per heavy atom. The number of aliphatic carboxylic acids is 1. The number of carboxylic acids is 1. The van der Waals surface area contributed by atoms with Gasteiger partial charge in [-0.25, -0.2) is 0 Å². The summed E-state index contributed by atoms with van der Waals surface area (Å²) in [5.74, 6) is -0.814. The second kappa shape index (κ2) is 9.75. The van der Waals surface area contributed by atoms with Crippen LogP contribution in [-0.4, -0.2) is 49.3 Å². The molecular weight excluding hydrogens is 248 g/mol. The molecule has 1 aliphatic heterocycles. The highest BCUT2D eigenvalue weighted by Gasteiger charge is 2.13. The van der Waals surface area contributed by atoms with Crippen LogP contribution in [0.4, 0.5) is 0 Å². The van der Waals surface area contributed by atoms with E-state index < -0.39 is 5.97 Å². The Kier molecular flexibility index (Phi) is 8.16. The van der Waals surface area contributed by atoms with Crippen LogP contribution in [-0.2, 0) is 14.3 Å². The van der Waals surface area contributed by atoms with Gasteiger partial charge in [0.25, 0.3) is 0 Å². The molecule has 6 nitrogen and oxygen atoms in total. The molecule has 110 valence electrons. The predicted molar refractivity (Wildman–Crippen MR) is 71.0 cm³/mol. The molecule has 0 atom stereocenters. The summed E-state index contributed by atoms with van der Waals surface area (Å²) in [6.07, 6.45) is 4.14. The van der Waals surface area contributed by atoms with Crippen LogP contribution in [0.2, 0.25) is 0 Å². The van der Waals surface area contributed by atoms with Crippen LogP contribution in [0.5, 0.6) is 0 Å². The molecule has 0 spiro atoms. The van der Waals surface area contributed by atoms with Crippen molar-refractivity contribution in [2.45, 2.75) is 44.6 Å². The molecule has 1 amide bonds. The Hall–Kier alpha value is -1.14. The fraction of sp³-hybridized carbons (Fsp3) is 0.846. The summed E-state index contributed by atoms with van der Waals surface area (Å²) in [5.41, 5.74) is 0. The number of carboxylic acid groups (broad SMARTS) is 1. The molecule has 1 aliphatic rings. The fourth-order valence-corrected chi connectivity index (χ4v) is 2.00. The average Bonchev–Trinajstić information content (AvgIpc) is 2.39. The van der Waals surface area contributed by atoms with Crippen molar-refractivity contribution in [1.29, 1.82) is 0 Å². The lowest BCUT2D eigenvalue weighted by molar-refractivity contribution is -0.137. The van der Waals surface area contributed by atoms with Crippen molar-refractivity contribution in [1.82, 2.24) is 10.6 Å². The lowest BCUT2D eigenvalue weighted by atomic mass is 10.1. The first-order chi connectivity index (χ1) is 9.18. The molecule has 1 heterocycles. The van der Waals surface area contributed by atoms with Crippen LogP contribution in [0.25, 0.3) is 0 Å². The Labute approximate surface area is 113 Å². The van der Waals surface area contributed by atoms with Crippen LogP contribution >= 0.6 is 0 Å². The first-order valence-electron chi connectivity index (χ1n) is 6.99. The maximum atomic E-state index is 11.5. The van der Waals surface area contributed by atoms with Gasteiger partial charge >= 0.3 is 5.97 Å². The van der Waals surface area contributed by atoms with Crippen molar-refractivity contribution in [2.24, 2.45) is 0 Å². The molecule has 0 bridgehead atoms. The van der Waals surface area contributed by atoms with Gasteiger partial charge in [-0.1, -0.05) is 0 Å². The average molecular weight is 272 g/mol. The van der Waals surface area contributed by atoms with Gasteiger partial charge in [0.15, 0.2) is 0 Å². The molecule has 1 fully saturated rings. The van der Waals surface area contributed by atoms with Crippen molar-refractivity contribution < 1.29 is 19.4 Å². The van der Waals surface area contributed by atoms with Crippen molar-refractivity contribution >= 4 is 11.9 Å². The Morgan fingerprint density at radius 3 is 2.63 bits per heavy atom. The van der Waals surface area contributed by atoms with E-state index in [1.165, 1.54) is 0 Å². The third-order valence-corrected chi connectivity index (χ3v) is 3.11. The maximum absolute atomic E-state index is 11.5. The van der Waals surface area contributed by atoms with E-state index in [0.29, 0.717) is 32.4 Å². The standard InChI is InChI=1S/C13H24N2O4/c16-12(15-7-2-1-3-13(17)18)6-10-19-11-4-8-14-9-5-11/h11,14H,1-10H2,(H,15,16)(H,17,18). The van der Waals surface area contributed by atoms with Crippen molar-refractivity contribution in [3.63, 3.8) is 0 Å². The van der Waals surface area contributed by atoms with Crippen molar-refractivity contribution in [3.8, 4) is 0 Å². The quantitative estimate of drug-likeness (QED) is 0.532. The number of hydrogen-bond donors (Lipinski definition) is 3. The van der Waals surface area contributed by atoms with Gasteiger partial charge in [0.1, 0.15) is 0 Å². The molecule has 6 heteroatoms. The molecule has 0 unspecified atom stereocenters. The van der Waals surface area contributed by atoms with Crippen LogP contribution < -0.4 is 10.6 Å². The fourth-order valence-electron chi connectivity index (χ4n) is 2.00. The lowest BCUT2D eigenvalue weighted by Crippen LogP contribution is -2.33. The molecular formula is C13H24N2O4. The summed E-state index contributed by atoms with van der Waals surface area (Å²) in [5, 5.41) is 14.5. The summed E-state index contributed by atoms with van der Waals surface area (Å²) in [4.78, 5) is 21.7. The molecule has 0 aromatic carbocycles. The number of carbonyl (C=O) groups excluding carboxylic acids is 1. The molecule has 0 saturated carbocycles. The van der Waals surface area contributed by atoms with Gasteiger partial charge in [0.05, 0.1) is 12.7 Å². The van der Waals surface area contributed by atoms with Crippen LogP contribution in [0, 0.1) is 0 Å². The topological polar surface area (TPSA) is 87.7 Å². The molecule has 1 rings (SSSR count). The minimum Gasteiger partial charge on any atom is -0.481 e. The molecule has 0 aromatic rings. The molecule has 0 aromatic heterocycles. The van der Waals surface area contributed by atoms with Gasteiger partial charge in [-0.3, -0.25) is 9.59 Å². The lowest BCUT2D eigenvalue weighted by Gasteiger charge is -2.22. The number of carbonyl (C=O) groups is 2. The number of unbranched alkanes of at least 4 members (excludes halogenated alkanes) is 1. The van der Waals surface area contributed by atoms with E-state index in [9.17, 15) is 9.59 Å². The minimum absolute atomic E-state index is 0.0238. The van der Waals surface area contributed by atoms with E-state index in [1.54, 1.807) is 0 Å². The molecule has 0 radical (unpaired) electrons. The summed E-state index contributed by atoms with van der Waals surface area (Å²) in [6.45, 7) is 2.98. The largest absolute Gasteiger partial charge is 0.481 e. The third-order valence-electron chi connectivity index (χ3n) is 3.11. The maximum Gasteiger partial charge on any atom is 0.303 e. The van der Waals surface area contributed by atoms with Crippen LogP contribution in [0.15, 0.2) is 0 Å². The van der Waals surface area contributed by atoms with E-state index in [0.717, 1.165) is 25.9 Å². The Morgan fingerprint density at radius 2 is 1.95 bits per heavy atom. The monoisotopic (exact) mass is 272 g/mol. The third kappa shape index (κ3) is 8.56. The van der Waals surface area contributed by atoms with Gasteiger partial charge < -0.3 is 20.5 Å². The second-order valence-corrected chi connectivity index (χ2v) is 4.77. The molecule has 3 N–H and O–H groups in total. The van der Waals surface area contributed by atoms with E-state index >= 15 is 0 Å². The van der Waals surface area contributed by atoms with Crippen molar-refractivity contribution in [3.05, 3.63) is 0 Å². The first kappa shape index (κ1) is 15.9. The van der Waals surface area contributed by atoms with E-state index in [1.807, 2.05) is 0 Å². The zero-order valence-corrected chi connectivity index (χ0v) is 11.3. The summed E-state index contributed by atoms with van der Waals surface area (Å²) in [6, 6.07) is 0. The van der Waals surface area contributed by atoms with Gasteiger partial charge in [-0.2, -0.15) is 0 Å². The van der Waals surface area contributed by atoms with Gasteiger partial charge in [-0.05, 0) is 38.8 Å². The minimum atomic E-state index is -0.790. The predicted octanol–water partition coefficient (Wildman–Crippen LogP) is 0.516. The summed E-state index contributed by atoms with van der Waals surface area (Å²) >= 11 is 0.